The Bertz CT molecular complexity index is 659. The minimum atomic E-state index is -0.697. The van der Waals surface area contributed by atoms with Gasteiger partial charge in [-0.15, -0.1) is 0 Å². The summed E-state index contributed by atoms with van der Waals surface area (Å²) >= 11 is 0. The van der Waals surface area contributed by atoms with Crippen molar-refractivity contribution in [3.8, 4) is 11.5 Å². The highest BCUT2D eigenvalue weighted by Crippen LogP contribution is 2.16. The average Bonchev–Trinajstić information content (AvgIpc) is 2.64. The molecule has 2 aromatic rings. The second-order valence-electron chi connectivity index (χ2n) is 4.82. The Kier molecular flexibility index (Phi) is 6.58. The van der Waals surface area contributed by atoms with Crippen LogP contribution in [-0.2, 0) is 16.1 Å². The van der Waals surface area contributed by atoms with Crippen molar-refractivity contribution in [2.75, 3.05) is 20.3 Å². The van der Waals surface area contributed by atoms with Gasteiger partial charge in [0.1, 0.15) is 18.1 Å². The minimum absolute atomic E-state index is 0.227. The van der Waals surface area contributed by atoms with Crippen molar-refractivity contribution < 1.29 is 19.1 Å². The molecule has 7 nitrogen and oxygen atoms in total. The molecule has 0 atom stereocenters. The number of aromatic nitrogens is 1. The predicted octanol–water partition coefficient (Wildman–Crippen LogP) is 0.902. The Morgan fingerprint density at radius 3 is 2.42 bits per heavy atom. The van der Waals surface area contributed by atoms with E-state index in [0.29, 0.717) is 5.75 Å². The summed E-state index contributed by atoms with van der Waals surface area (Å²) in [4.78, 5) is 27.2. The van der Waals surface area contributed by atoms with Crippen LogP contribution in [0.15, 0.2) is 48.8 Å². The number of pyridine rings is 1. The van der Waals surface area contributed by atoms with Crippen LogP contribution in [0.2, 0.25) is 0 Å². The highest BCUT2D eigenvalue weighted by atomic mass is 16.5. The van der Waals surface area contributed by atoms with Gasteiger partial charge in [-0.25, -0.2) is 0 Å². The van der Waals surface area contributed by atoms with Gasteiger partial charge in [-0.05, 0) is 35.9 Å². The summed E-state index contributed by atoms with van der Waals surface area (Å²) in [6.45, 7) is 0.738. The first-order chi connectivity index (χ1) is 11.7. The van der Waals surface area contributed by atoms with E-state index in [2.05, 4.69) is 15.6 Å². The number of ether oxygens (including phenoxy) is 2. The Hall–Kier alpha value is -3.09. The SMILES string of the molecule is COc1ccc(OCCNC(=O)C(=O)NCc2cccnc2)cc1. The number of carbonyl (C=O) groups is 2. The van der Waals surface area contributed by atoms with Crippen LogP contribution in [0.3, 0.4) is 0 Å². The topological polar surface area (TPSA) is 89.5 Å². The normalized spacial score (nSPS) is 9.88. The summed E-state index contributed by atoms with van der Waals surface area (Å²) in [7, 11) is 1.59. The molecular formula is C17H19N3O4. The molecule has 0 unspecified atom stereocenters. The summed E-state index contributed by atoms with van der Waals surface area (Å²) in [5.41, 5.74) is 0.821. The molecule has 1 aromatic carbocycles. The fraction of sp³-hybridized carbons (Fsp3) is 0.235. The van der Waals surface area contributed by atoms with E-state index in [9.17, 15) is 9.59 Å². The zero-order valence-electron chi connectivity index (χ0n) is 13.3. The fourth-order valence-corrected chi connectivity index (χ4v) is 1.85. The lowest BCUT2D eigenvalue weighted by atomic mass is 10.3. The molecule has 0 aliphatic carbocycles. The third-order valence-corrected chi connectivity index (χ3v) is 3.10. The van der Waals surface area contributed by atoms with Crippen LogP contribution >= 0.6 is 0 Å². The quantitative estimate of drug-likeness (QED) is 0.582. The molecule has 0 aliphatic rings. The second-order valence-corrected chi connectivity index (χ2v) is 4.82. The number of hydrogen-bond acceptors (Lipinski definition) is 5. The van der Waals surface area contributed by atoms with Crippen LogP contribution in [0.25, 0.3) is 0 Å². The molecule has 0 saturated heterocycles. The van der Waals surface area contributed by atoms with E-state index in [-0.39, 0.29) is 19.7 Å². The third-order valence-electron chi connectivity index (χ3n) is 3.10. The zero-order valence-corrected chi connectivity index (χ0v) is 13.3. The van der Waals surface area contributed by atoms with Gasteiger partial charge in [0.25, 0.3) is 0 Å². The number of benzene rings is 1. The first-order valence-corrected chi connectivity index (χ1v) is 7.41. The molecule has 1 aromatic heterocycles. The Balaban J connectivity index is 1.64. The maximum Gasteiger partial charge on any atom is 0.309 e. The number of methoxy groups -OCH3 is 1. The number of carbonyl (C=O) groups excluding carboxylic acids is 2. The van der Waals surface area contributed by atoms with Gasteiger partial charge in [-0.3, -0.25) is 14.6 Å². The zero-order chi connectivity index (χ0) is 17.2. The van der Waals surface area contributed by atoms with Crippen molar-refractivity contribution in [2.24, 2.45) is 0 Å². The number of nitrogens with zero attached hydrogens (tertiary/aromatic N) is 1. The second kappa shape index (κ2) is 9.14. The van der Waals surface area contributed by atoms with Crippen molar-refractivity contribution in [3.63, 3.8) is 0 Å². The van der Waals surface area contributed by atoms with Gasteiger partial charge >= 0.3 is 11.8 Å². The monoisotopic (exact) mass is 329 g/mol. The van der Waals surface area contributed by atoms with E-state index in [4.69, 9.17) is 9.47 Å². The summed E-state index contributed by atoms with van der Waals surface area (Å²) in [5, 5.41) is 5.02. The smallest absolute Gasteiger partial charge is 0.309 e. The van der Waals surface area contributed by atoms with E-state index >= 15 is 0 Å². The van der Waals surface area contributed by atoms with Crippen molar-refractivity contribution in [3.05, 3.63) is 54.4 Å². The van der Waals surface area contributed by atoms with Crippen molar-refractivity contribution in [1.29, 1.82) is 0 Å². The van der Waals surface area contributed by atoms with Crippen molar-refractivity contribution in [1.82, 2.24) is 15.6 Å². The maximum atomic E-state index is 11.7. The molecule has 0 aliphatic heterocycles. The van der Waals surface area contributed by atoms with Crippen LogP contribution in [-0.4, -0.2) is 37.1 Å². The average molecular weight is 329 g/mol. The molecule has 2 amide bonds. The molecule has 7 heteroatoms. The first-order valence-electron chi connectivity index (χ1n) is 7.41. The molecule has 2 rings (SSSR count). The number of amides is 2. The van der Waals surface area contributed by atoms with Gasteiger partial charge in [0.15, 0.2) is 0 Å². The summed E-state index contributed by atoms with van der Waals surface area (Å²) in [5.74, 6) is 0.00698. The lowest BCUT2D eigenvalue weighted by molar-refractivity contribution is -0.139. The Labute approximate surface area is 140 Å². The summed E-state index contributed by atoms with van der Waals surface area (Å²) in [6.07, 6.45) is 3.27. The molecule has 0 radical (unpaired) electrons. The molecular weight excluding hydrogens is 310 g/mol. The molecule has 2 N–H and O–H groups in total. The van der Waals surface area contributed by atoms with Crippen molar-refractivity contribution in [2.45, 2.75) is 6.54 Å². The number of rotatable bonds is 7. The van der Waals surface area contributed by atoms with Gasteiger partial charge in [0, 0.05) is 18.9 Å². The van der Waals surface area contributed by atoms with Crippen LogP contribution in [0.4, 0.5) is 0 Å². The molecule has 126 valence electrons. The fourth-order valence-electron chi connectivity index (χ4n) is 1.85. The number of hydrogen-bond donors (Lipinski definition) is 2. The Morgan fingerprint density at radius 1 is 1.04 bits per heavy atom. The minimum Gasteiger partial charge on any atom is -0.497 e. The first kappa shape index (κ1) is 17.3. The van der Waals surface area contributed by atoms with E-state index in [1.807, 2.05) is 6.07 Å². The van der Waals surface area contributed by atoms with Crippen LogP contribution in [0.1, 0.15) is 5.56 Å². The van der Waals surface area contributed by atoms with Crippen LogP contribution in [0, 0.1) is 0 Å². The lowest BCUT2D eigenvalue weighted by Gasteiger charge is -2.08. The molecule has 1 heterocycles. The van der Waals surface area contributed by atoms with Gasteiger partial charge in [-0.1, -0.05) is 6.07 Å². The maximum absolute atomic E-state index is 11.7. The van der Waals surface area contributed by atoms with Crippen LogP contribution in [0.5, 0.6) is 11.5 Å². The van der Waals surface area contributed by atoms with Crippen molar-refractivity contribution >= 4 is 11.8 Å². The predicted molar refractivity (Wildman–Crippen MR) is 87.6 cm³/mol. The molecule has 0 bridgehead atoms. The molecule has 0 saturated carbocycles. The number of nitrogens with one attached hydrogen (secondary N) is 2. The molecule has 24 heavy (non-hydrogen) atoms. The Morgan fingerprint density at radius 2 is 1.75 bits per heavy atom. The van der Waals surface area contributed by atoms with Gasteiger partial charge in [-0.2, -0.15) is 0 Å². The molecule has 0 fully saturated rings. The summed E-state index contributed by atoms with van der Waals surface area (Å²) in [6, 6.07) is 10.7. The van der Waals surface area contributed by atoms with E-state index in [1.165, 1.54) is 0 Å². The summed E-state index contributed by atoms with van der Waals surface area (Å²) < 4.78 is 10.5. The van der Waals surface area contributed by atoms with Gasteiger partial charge in [0.2, 0.25) is 0 Å². The largest absolute Gasteiger partial charge is 0.497 e. The standard InChI is InChI=1S/C17H19N3O4/c1-23-14-4-6-15(7-5-14)24-10-9-19-16(21)17(22)20-12-13-3-2-8-18-11-13/h2-8,11H,9-10,12H2,1H3,(H,19,21)(H,20,22). The third kappa shape index (κ3) is 5.60. The van der Waals surface area contributed by atoms with Gasteiger partial charge < -0.3 is 20.1 Å². The van der Waals surface area contributed by atoms with Crippen LogP contribution < -0.4 is 20.1 Å². The van der Waals surface area contributed by atoms with E-state index in [0.717, 1.165) is 11.3 Å². The van der Waals surface area contributed by atoms with E-state index in [1.54, 1.807) is 49.8 Å². The highest BCUT2D eigenvalue weighted by molar-refractivity contribution is 6.35. The highest BCUT2D eigenvalue weighted by Gasteiger charge is 2.12. The van der Waals surface area contributed by atoms with Gasteiger partial charge in [0.05, 0.1) is 13.7 Å². The lowest BCUT2D eigenvalue weighted by Crippen LogP contribution is -2.41. The van der Waals surface area contributed by atoms with E-state index < -0.39 is 11.8 Å². The molecule has 0 spiro atoms.